The van der Waals surface area contributed by atoms with Crippen LogP contribution in [0.3, 0.4) is 0 Å². The molecule has 0 saturated heterocycles. The smallest absolute Gasteiger partial charge is 0.0681 e. The Morgan fingerprint density at radius 1 is 1.41 bits per heavy atom. The predicted molar refractivity (Wildman–Crippen MR) is 76.4 cm³/mol. The Hall–Kier alpha value is -0.510. The van der Waals surface area contributed by atoms with Gasteiger partial charge in [0.05, 0.1) is 6.61 Å². The Bertz CT molecular complexity index is 352. The molecular formula is C14H23NOS. The molecule has 1 rings (SSSR count). The molecule has 1 aromatic rings. The Kier molecular flexibility index (Phi) is 5.50. The second kappa shape index (κ2) is 6.43. The van der Waals surface area contributed by atoms with Crippen LogP contribution in [0.5, 0.6) is 0 Å². The molecule has 0 saturated carbocycles. The Morgan fingerprint density at radius 2 is 2.12 bits per heavy atom. The highest BCUT2D eigenvalue weighted by Gasteiger charge is 2.17. The zero-order valence-corrected chi connectivity index (χ0v) is 12.0. The quantitative estimate of drug-likeness (QED) is 0.817. The number of aliphatic hydroxyl groups excluding tert-OH is 1. The topological polar surface area (TPSA) is 32.3 Å². The van der Waals surface area contributed by atoms with Gasteiger partial charge in [0.1, 0.15) is 0 Å². The lowest BCUT2D eigenvalue weighted by molar-refractivity contribution is 0.281. The van der Waals surface area contributed by atoms with E-state index in [4.69, 9.17) is 5.11 Å². The first-order valence-electron chi connectivity index (χ1n) is 5.97. The van der Waals surface area contributed by atoms with Crippen molar-refractivity contribution < 1.29 is 5.11 Å². The van der Waals surface area contributed by atoms with Crippen LogP contribution in [-0.4, -0.2) is 22.7 Å². The van der Waals surface area contributed by atoms with Crippen LogP contribution in [0.4, 0.5) is 0 Å². The number of aliphatic hydroxyl groups is 1. The lowest BCUT2D eigenvalue weighted by atomic mass is 10.0. The van der Waals surface area contributed by atoms with E-state index in [-0.39, 0.29) is 11.4 Å². The van der Waals surface area contributed by atoms with E-state index < -0.39 is 0 Å². The van der Waals surface area contributed by atoms with E-state index in [0.29, 0.717) is 6.04 Å². The van der Waals surface area contributed by atoms with E-state index in [1.54, 1.807) is 0 Å². The molecule has 0 bridgehead atoms. The number of rotatable bonds is 6. The molecule has 1 atom stereocenters. The first kappa shape index (κ1) is 14.6. The molecule has 0 aliphatic heterocycles. The Balaban J connectivity index is 2.60. The summed E-state index contributed by atoms with van der Waals surface area (Å²) in [7, 11) is 0. The molecule has 0 aromatic heterocycles. The third kappa shape index (κ3) is 4.70. The molecule has 0 heterocycles. The highest BCUT2D eigenvalue weighted by Crippen LogP contribution is 2.22. The summed E-state index contributed by atoms with van der Waals surface area (Å²) in [5.74, 6) is 0. The van der Waals surface area contributed by atoms with Gasteiger partial charge in [-0.05, 0) is 38.2 Å². The number of hydrogen-bond donors (Lipinski definition) is 2. The van der Waals surface area contributed by atoms with Crippen molar-refractivity contribution in [1.29, 1.82) is 0 Å². The van der Waals surface area contributed by atoms with Crippen LogP contribution < -0.4 is 5.32 Å². The van der Waals surface area contributed by atoms with Crippen molar-refractivity contribution in [3.05, 3.63) is 35.4 Å². The van der Waals surface area contributed by atoms with Crippen molar-refractivity contribution in [2.45, 2.75) is 38.2 Å². The minimum atomic E-state index is 0.108. The van der Waals surface area contributed by atoms with E-state index >= 15 is 0 Å². The molecule has 2 N–H and O–H groups in total. The zero-order valence-electron chi connectivity index (χ0n) is 11.2. The van der Waals surface area contributed by atoms with Gasteiger partial charge in [-0.15, -0.1) is 0 Å². The standard InChI is InChI=1S/C14H23NOS/c1-11(15-10-14(2,3)17-4)13-7-5-6-12(8-13)9-16/h5-8,11,15-16H,9-10H2,1-4H3. The molecule has 0 aliphatic rings. The summed E-state index contributed by atoms with van der Waals surface area (Å²) in [6.07, 6.45) is 2.14. The first-order chi connectivity index (χ1) is 7.98. The summed E-state index contributed by atoms with van der Waals surface area (Å²) in [6, 6.07) is 8.42. The molecule has 96 valence electrons. The highest BCUT2D eigenvalue weighted by molar-refractivity contribution is 7.99. The lowest BCUT2D eigenvalue weighted by Gasteiger charge is -2.25. The lowest BCUT2D eigenvalue weighted by Crippen LogP contribution is -2.33. The number of thioether (sulfide) groups is 1. The van der Waals surface area contributed by atoms with Crippen molar-refractivity contribution in [2.75, 3.05) is 12.8 Å². The molecule has 1 aromatic carbocycles. The van der Waals surface area contributed by atoms with Crippen LogP contribution in [0, 0.1) is 0 Å². The number of nitrogens with one attached hydrogen (secondary N) is 1. The Morgan fingerprint density at radius 3 is 2.71 bits per heavy atom. The van der Waals surface area contributed by atoms with E-state index in [9.17, 15) is 0 Å². The normalized spacial score (nSPS) is 13.7. The van der Waals surface area contributed by atoms with Crippen molar-refractivity contribution in [2.24, 2.45) is 0 Å². The predicted octanol–water partition coefficient (Wildman–Crippen LogP) is 2.97. The van der Waals surface area contributed by atoms with Gasteiger partial charge >= 0.3 is 0 Å². The minimum absolute atomic E-state index is 0.108. The van der Waals surface area contributed by atoms with Crippen molar-refractivity contribution in [1.82, 2.24) is 5.32 Å². The van der Waals surface area contributed by atoms with Gasteiger partial charge in [-0.25, -0.2) is 0 Å². The molecule has 0 radical (unpaired) electrons. The molecular weight excluding hydrogens is 230 g/mol. The SMILES string of the molecule is CSC(C)(C)CNC(C)c1cccc(CO)c1. The highest BCUT2D eigenvalue weighted by atomic mass is 32.2. The summed E-state index contributed by atoms with van der Waals surface area (Å²) >= 11 is 1.87. The van der Waals surface area contributed by atoms with Gasteiger partial charge in [-0.1, -0.05) is 24.3 Å². The van der Waals surface area contributed by atoms with Crippen LogP contribution in [0.25, 0.3) is 0 Å². The third-order valence-corrected chi connectivity index (χ3v) is 4.27. The van der Waals surface area contributed by atoms with Crippen molar-refractivity contribution in [3.8, 4) is 0 Å². The molecule has 0 fully saturated rings. The van der Waals surface area contributed by atoms with Gasteiger partial charge in [-0.3, -0.25) is 0 Å². The fourth-order valence-corrected chi connectivity index (χ4v) is 1.78. The van der Waals surface area contributed by atoms with E-state index in [0.717, 1.165) is 12.1 Å². The molecule has 0 amide bonds. The van der Waals surface area contributed by atoms with E-state index in [2.05, 4.69) is 44.5 Å². The maximum absolute atomic E-state index is 9.12. The molecule has 1 unspecified atom stereocenters. The summed E-state index contributed by atoms with van der Waals surface area (Å²) in [5, 5.41) is 12.7. The summed E-state index contributed by atoms with van der Waals surface area (Å²) in [4.78, 5) is 0. The van der Waals surface area contributed by atoms with E-state index in [1.165, 1.54) is 5.56 Å². The number of hydrogen-bond acceptors (Lipinski definition) is 3. The average Bonchev–Trinajstić information content (AvgIpc) is 2.36. The average molecular weight is 253 g/mol. The van der Waals surface area contributed by atoms with Crippen LogP contribution in [0.15, 0.2) is 24.3 Å². The van der Waals surface area contributed by atoms with Crippen LogP contribution in [-0.2, 0) is 6.61 Å². The fourth-order valence-electron chi connectivity index (χ4n) is 1.55. The first-order valence-corrected chi connectivity index (χ1v) is 7.19. The maximum Gasteiger partial charge on any atom is 0.0681 e. The Labute approximate surface area is 109 Å². The monoisotopic (exact) mass is 253 g/mol. The van der Waals surface area contributed by atoms with Gasteiger partial charge in [0.2, 0.25) is 0 Å². The summed E-state index contributed by atoms with van der Waals surface area (Å²) in [6.45, 7) is 7.71. The largest absolute Gasteiger partial charge is 0.392 e. The van der Waals surface area contributed by atoms with Crippen molar-refractivity contribution >= 4 is 11.8 Å². The second-order valence-electron chi connectivity index (χ2n) is 4.97. The molecule has 0 spiro atoms. The zero-order chi connectivity index (χ0) is 12.9. The van der Waals surface area contributed by atoms with Gasteiger partial charge in [0.15, 0.2) is 0 Å². The maximum atomic E-state index is 9.12. The summed E-state index contributed by atoms with van der Waals surface area (Å²) in [5.41, 5.74) is 2.20. The van der Waals surface area contributed by atoms with Crippen LogP contribution in [0.2, 0.25) is 0 Å². The second-order valence-corrected chi connectivity index (χ2v) is 6.48. The van der Waals surface area contributed by atoms with Gasteiger partial charge in [0, 0.05) is 17.3 Å². The van der Waals surface area contributed by atoms with E-state index in [1.807, 2.05) is 23.9 Å². The van der Waals surface area contributed by atoms with Crippen molar-refractivity contribution in [3.63, 3.8) is 0 Å². The molecule has 3 heteroatoms. The van der Waals surface area contributed by atoms with Gasteiger partial charge < -0.3 is 10.4 Å². The minimum Gasteiger partial charge on any atom is -0.392 e. The third-order valence-electron chi connectivity index (χ3n) is 3.02. The van der Waals surface area contributed by atoms with Crippen LogP contribution >= 0.6 is 11.8 Å². The van der Waals surface area contributed by atoms with Gasteiger partial charge in [0.25, 0.3) is 0 Å². The fraction of sp³-hybridized carbons (Fsp3) is 0.571. The molecule has 0 aliphatic carbocycles. The molecule has 17 heavy (non-hydrogen) atoms. The van der Waals surface area contributed by atoms with Crippen LogP contribution in [0.1, 0.15) is 37.9 Å². The summed E-state index contributed by atoms with van der Waals surface area (Å²) < 4.78 is 0.253. The number of benzene rings is 1. The van der Waals surface area contributed by atoms with Gasteiger partial charge in [-0.2, -0.15) is 11.8 Å². The molecule has 2 nitrogen and oxygen atoms in total.